The van der Waals surface area contributed by atoms with Crippen molar-refractivity contribution in [2.45, 2.75) is 25.9 Å². The standard InChI is InChI=1S/C13H20N4OS/c1-2-10-9-16(5-7-18-10)12-11(3-4-14)17-6-8-19-13(17)15-12/h6,8,10H,2-5,7,9,14H2,1H3. The topological polar surface area (TPSA) is 55.8 Å². The summed E-state index contributed by atoms with van der Waals surface area (Å²) in [4.78, 5) is 8.18. The number of nitrogens with two attached hydrogens (primary N) is 1. The average Bonchev–Trinajstić information content (AvgIpc) is 3.02. The lowest BCUT2D eigenvalue weighted by molar-refractivity contribution is 0.0381. The molecule has 1 atom stereocenters. The van der Waals surface area contributed by atoms with Crippen LogP contribution >= 0.6 is 11.3 Å². The van der Waals surface area contributed by atoms with Crippen molar-refractivity contribution in [3.63, 3.8) is 0 Å². The second kappa shape index (κ2) is 5.48. The fraction of sp³-hybridized carbons (Fsp3) is 0.615. The predicted octanol–water partition coefficient (Wildman–Crippen LogP) is 1.51. The van der Waals surface area contributed by atoms with E-state index in [1.807, 2.05) is 0 Å². The van der Waals surface area contributed by atoms with Gasteiger partial charge in [0.05, 0.1) is 18.4 Å². The van der Waals surface area contributed by atoms with Crippen molar-refractivity contribution in [1.82, 2.24) is 9.38 Å². The number of hydrogen-bond donors (Lipinski definition) is 1. The summed E-state index contributed by atoms with van der Waals surface area (Å²) in [6, 6.07) is 0. The Bertz CT molecular complexity index is 550. The minimum atomic E-state index is 0.319. The van der Waals surface area contributed by atoms with Gasteiger partial charge in [-0.3, -0.25) is 4.40 Å². The monoisotopic (exact) mass is 280 g/mol. The van der Waals surface area contributed by atoms with Gasteiger partial charge < -0.3 is 15.4 Å². The van der Waals surface area contributed by atoms with Gasteiger partial charge in [-0.2, -0.15) is 0 Å². The van der Waals surface area contributed by atoms with Gasteiger partial charge in [-0.15, -0.1) is 11.3 Å². The molecule has 104 valence electrons. The molecule has 3 rings (SSSR count). The van der Waals surface area contributed by atoms with Gasteiger partial charge in [0.1, 0.15) is 0 Å². The van der Waals surface area contributed by atoms with E-state index in [4.69, 9.17) is 15.5 Å². The van der Waals surface area contributed by atoms with E-state index in [2.05, 4.69) is 27.8 Å². The largest absolute Gasteiger partial charge is 0.375 e. The molecule has 0 radical (unpaired) electrons. The van der Waals surface area contributed by atoms with Gasteiger partial charge >= 0.3 is 0 Å². The van der Waals surface area contributed by atoms with Gasteiger partial charge in [-0.05, 0) is 13.0 Å². The Hall–Kier alpha value is -1.11. The van der Waals surface area contributed by atoms with Crippen molar-refractivity contribution < 1.29 is 4.74 Å². The number of imidazole rings is 1. The quantitative estimate of drug-likeness (QED) is 0.922. The molecule has 0 amide bonds. The Balaban J connectivity index is 1.94. The van der Waals surface area contributed by atoms with Crippen LogP contribution in [0.5, 0.6) is 0 Å². The summed E-state index contributed by atoms with van der Waals surface area (Å²) in [5.41, 5.74) is 6.98. The molecule has 0 spiro atoms. The predicted molar refractivity (Wildman–Crippen MR) is 78.1 cm³/mol. The fourth-order valence-corrected chi connectivity index (χ4v) is 3.33. The molecule has 1 fully saturated rings. The first-order valence-corrected chi connectivity index (χ1v) is 7.72. The molecular weight excluding hydrogens is 260 g/mol. The summed E-state index contributed by atoms with van der Waals surface area (Å²) in [5, 5.41) is 2.07. The maximum atomic E-state index is 5.75. The Labute approximate surface area is 117 Å². The number of nitrogens with zero attached hydrogens (tertiary/aromatic N) is 3. The van der Waals surface area contributed by atoms with E-state index in [-0.39, 0.29) is 0 Å². The number of thiazole rings is 1. The molecule has 2 N–H and O–H groups in total. The second-order valence-electron chi connectivity index (χ2n) is 4.82. The van der Waals surface area contributed by atoms with Crippen molar-refractivity contribution in [2.75, 3.05) is 31.1 Å². The van der Waals surface area contributed by atoms with Crippen molar-refractivity contribution in [3.8, 4) is 0 Å². The van der Waals surface area contributed by atoms with Crippen LogP contribution in [-0.4, -0.2) is 41.7 Å². The van der Waals surface area contributed by atoms with Crippen molar-refractivity contribution >= 4 is 22.1 Å². The molecule has 6 heteroatoms. The maximum absolute atomic E-state index is 5.75. The molecule has 2 aromatic heterocycles. The smallest absolute Gasteiger partial charge is 0.195 e. The third kappa shape index (κ3) is 2.35. The van der Waals surface area contributed by atoms with Crippen LogP contribution < -0.4 is 10.6 Å². The molecule has 19 heavy (non-hydrogen) atoms. The Morgan fingerprint density at radius 1 is 1.58 bits per heavy atom. The maximum Gasteiger partial charge on any atom is 0.195 e. The molecule has 0 aliphatic carbocycles. The van der Waals surface area contributed by atoms with E-state index in [1.165, 1.54) is 5.69 Å². The highest BCUT2D eigenvalue weighted by Crippen LogP contribution is 2.26. The zero-order chi connectivity index (χ0) is 13.2. The summed E-state index contributed by atoms with van der Waals surface area (Å²) in [6.07, 6.45) is 4.31. The zero-order valence-electron chi connectivity index (χ0n) is 11.2. The molecule has 5 nitrogen and oxygen atoms in total. The van der Waals surface area contributed by atoms with E-state index in [9.17, 15) is 0 Å². The van der Waals surface area contributed by atoms with Gasteiger partial charge in [0.2, 0.25) is 0 Å². The van der Waals surface area contributed by atoms with E-state index in [0.717, 1.165) is 43.3 Å². The number of fused-ring (bicyclic) bond motifs is 1. The van der Waals surface area contributed by atoms with Crippen LogP contribution in [-0.2, 0) is 11.2 Å². The first-order valence-electron chi connectivity index (χ1n) is 6.84. The number of rotatable bonds is 4. The summed E-state index contributed by atoms with van der Waals surface area (Å²) in [5.74, 6) is 1.10. The molecule has 1 unspecified atom stereocenters. The van der Waals surface area contributed by atoms with Gasteiger partial charge in [-0.25, -0.2) is 4.98 Å². The molecule has 0 bridgehead atoms. The number of morpholine rings is 1. The first kappa shape index (κ1) is 12.9. The van der Waals surface area contributed by atoms with Crippen LogP contribution in [0.3, 0.4) is 0 Å². The molecule has 1 saturated heterocycles. The Kier molecular flexibility index (Phi) is 3.72. The highest BCUT2D eigenvalue weighted by atomic mass is 32.1. The van der Waals surface area contributed by atoms with E-state index in [0.29, 0.717) is 12.6 Å². The third-order valence-corrected chi connectivity index (χ3v) is 4.37. The van der Waals surface area contributed by atoms with Crippen molar-refractivity contribution in [3.05, 3.63) is 17.3 Å². The average molecular weight is 280 g/mol. The third-order valence-electron chi connectivity index (χ3n) is 3.61. The highest BCUT2D eigenvalue weighted by Gasteiger charge is 2.24. The number of hydrogen-bond acceptors (Lipinski definition) is 5. The van der Waals surface area contributed by atoms with Gasteiger partial charge in [0.25, 0.3) is 0 Å². The van der Waals surface area contributed by atoms with E-state index in [1.54, 1.807) is 11.3 Å². The molecule has 2 aromatic rings. The molecule has 1 aliphatic heterocycles. The van der Waals surface area contributed by atoms with Gasteiger partial charge in [0.15, 0.2) is 10.8 Å². The van der Waals surface area contributed by atoms with Gasteiger partial charge in [-0.1, -0.05) is 6.92 Å². The van der Waals surface area contributed by atoms with Crippen LogP contribution in [0.2, 0.25) is 0 Å². The lowest BCUT2D eigenvalue weighted by Crippen LogP contribution is -2.42. The number of anilines is 1. The molecule has 0 aromatic carbocycles. The lowest BCUT2D eigenvalue weighted by atomic mass is 10.2. The SMILES string of the molecule is CCC1CN(c2nc3sccn3c2CCN)CCO1. The molecular formula is C13H20N4OS. The fourth-order valence-electron chi connectivity index (χ4n) is 2.60. The summed E-state index contributed by atoms with van der Waals surface area (Å²) in [6.45, 7) is 5.45. The van der Waals surface area contributed by atoms with Crippen molar-refractivity contribution in [2.24, 2.45) is 5.73 Å². The van der Waals surface area contributed by atoms with Crippen LogP contribution in [0, 0.1) is 0 Å². The van der Waals surface area contributed by atoms with Crippen LogP contribution in [0.4, 0.5) is 5.82 Å². The normalized spacial score (nSPS) is 20.3. The minimum Gasteiger partial charge on any atom is -0.375 e. The van der Waals surface area contributed by atoms with Crippen molar-refractivity contribution in [1.29, 1.82) is 0 Å². The number of aromatic nitrogens is 2. The highest BCUT2D eigenvalue weighted by molar-refractivity contribution is 7.15. The summed E-state index contributed by atoms with van der Waals surface area (Å²) in [7, 11) is 0. The van der Waals surface area contributed by atoms with Crippen LogP contribution in [0.1, 0.15) is 19.0 Å². The first-order chi connectivity index (χ1) is 9.33. The summed E-state index contributed by atoms with van der Waals surface area (Å²) >= 11 is 1.67. The minimum absolute atomic E-state index is 0.319. The number of ether oxygens (including phenoxy) is 1. The van der Waals surface area contributed by atoms with Crippen LogP contribution in [0.25, 0.3) is 4.96 Å². The molecule has 3 heterocycles. The Morgan fingerprint density at radius 2 is 2.47 bits per heavy atom. The molecule has 0 saturated carbocycles. The second-order valence-corrected chi connectivity index (χ2v) is 5.70. The summed E-state index contributed by atoms with van der Waals surface area (Å²) < 4.78 is 7.91. The van der Waals surface area contributed by atoms with Gasteiger partial charge in [0, 0.05) is 31.1 Å². The zero-order valence-corrected chi connectivity index (χ0v) is 12.0. The molecule has 1 aliphatic rings. The van der Waals surface area contributed by atoms with Crippen LogP contribution in [0.15, 0.2) is 11.6 Å². The lowest BCUT2D eigenvalue weighted by Gasteiger charge is -2.33. The van der Waals surface area contributed by atoms with E-state index < -0.39 is 0 Å². The Morgan fingerprint density at radius 3 is 3.26 bits per heavy atom. The van der Waals surface area contributed by atoms with E-state index >= 15 is 0 Å².